The van der Waals surface area contributed by atoms with Crippen molar-refractivity contribution in [2.75, 3.05) is 6.54 Å². The predicted octanol–water partition coefficient (Wildman–Crippen LogP) is 5.51. The Balaban J connectivity index is 3.18. The smallest absolute Gasteiger partial charge is 0.305 e. The van der Waals surface area contributed by atoms with Crippen molar-refractivity contribution < 1.29 is 22.0 Å². The molecule has 110 valence electrons. The third kappa shape index (κ3) is 3.89. The molecule has 19 heavy (non-hydrogen) atoms. The molecular weight excluding hydrogens is 421 g/mol. The fraction of sp³-hybridized carbons (Fsp3) is 0.600. The van der Waals surface area contributed by atoms with E-state index < -0.39 is 18.1 Å². The minimum atomic E-state index is -5.60. The van der Waals surface area contributed by atoms with Crippen LogP contribution in [0, 0.1) is 0 Å². The van der Waals surface area contributed by atoms with E-state index in [0.29, 0.717) is 10.2 Å². The second-order valence-electron chi connectivity index (χ2n) is 3.79. The lowest BCUT2D eigenvalue weighted by atomic mass is 10.0. The highest BCUT2D eigenvalue weighted by Crippen LogP contribution is 2.48. The maximum absolute atomic E-state index is 13.6. The SMILES string of the molecule is CCCNC(c1cc(Br)sc1Br)C(F)(F)C(F)(F)F. The molecule has 0 saturated heterocycles. The van der Waals surface area contributed by atoms with Gasteiger partial charge in [-0.1, -0.05) is 6.92 Å². The van der Waals surface area contributed by atoms with Gasteiger partial charge in [-0.05, 0) is 50.9 Å². The molecule has 0 bridgehead atoms. The molecule has 1 aromatic heterocycles. The maximum Gasteiger partial charge on any atom is 0.455 e. The van der Waals surface area contributed by atoms with E-state index in [1.54, 1.807) is 6.92 Å². The van der Waals surface area contributed by atoms with E-state index in [0.717, 1.165) is 11.3 Å². The Kier molecular flexibility index (Phi) is 5.80. The van der Waals surface area contributed by atoms with Gasteiger partial charge >= 0.3 is 12.1 Å². The summed E-state index contributed by atoms with van der Waals surface area (Å²) >= 11 is 7.14. The summed E-state index contributed by atoms with van der Waals surface area (Å²) in [5.74, 6) is -4.84. The number of rotatable bonds is 5. The van der Waals surface area contributed by atoms with Crippen LogP contribution in [0.4, 0.5) is 22.0 Å². The highest BCUT2D eigenvalue weighted by Gasteiger charge is 2.63. The van der Waals surface area contributed by atoms with Crippen molar-refractivity contribution in [3.8, 4) is 0 Å². The Labute approximate surface area is 127 Å². The lowest BCUT2D eigenvalue weighted by Crippen LogP contribution is -2.48. The van der Waals surface area contributed by atoms with Crippen molar-refractivity contribution in [2.45, 2.75) is 31.5 Å². The van der Waals surface area contributed by atoms with Crippen LogP contribution in [-0.4, -0.2) is 18.6 Å². The van der Waals surface area contributed by atoms with Gasteiger partial charge in [0.05, 0.1) is 7.57 Å². The number of alkyl halides is 5. The van der Waals surface area contributed by atoms with Crippen LogP contribution in [0.5, 0.6) is 0 Å². The molecule has 0 radical (unpaired) electrons. The first-order chi connectivity index (χ1) is 8.61. The molecule has 0 aliphatic heterocycles. The van der Waals surface area contributed by atoms with Crippen molar-refractivity contribution in [2.24, 2.45) is 0 Å². The number of hydrogen-bond donors (Lipinski definition) is 1. The van der Waals surface area contributed by atoms with Crippen LogP contribution in [0.25, 0.3) is 0 Å². The molecule has 1 atom stereocenters. The van der Waals surface area contributed by atoms with E-state index in [4.69, 9.17) is 0 Å². The van der Waals surface area contributed by atoms with Crippen molar-refractivity contribution >= 4 is 43.2 Å². The maximum atomic E-state index is 13.6. The monoisotopic (exact) mass is 429 g/mol. The molecular formula is C10H10Br2F5NS. The van der Waals surface area contributed by atoms with Gasteiger partial charge in [-0.3, -0.25) is 0 Å². The third-order valence-corrected chi connectivity index (χ3v) is 4.72. The molecule has 0 aliphatic rings. The van der Waals surface area contributed by atoms with Crippen LogP contribution in [0.15, 0.2) is 13.6 Å². The molecule has 1 heterocycles. The number of hydrogen-bond acceptors (Lipinski definition) is 2. The summed E-state index contributed by atoms with van der Waals surface area (Å²) in [5, 5.41) is 2.27. The zero-order valence-electron chi connectivity index (χ0n) is 9.62. The third-order valence-electron chi connectivity index (χ3n) is 2.33. The Morgan fingerprint density at radius 2 is 1.84 bits per heavy atom. The largest absolute Gasteiger partial charge is 0.455 e. The van der Waals surface area contributed by atoms with E-state index in [-0.39, 0.29) is 15.9 Å². The van der Waals surface area contributed by atoms with Gasteiger partial charge in [0.2, 0.25) is 0 Å². The minimum absolute atomic E-state index is 0.0657. The number of nitrogens with one attached hydrogen (secondary N) is 1. The van der Waals surface area contributed by atoms with Crippen LogP contribution in [-0.2, 0) is 0 Å². The molecule has 1 unspecified atom stereocenters. The summed E-state index contributed by atoms with van der Waals surface area (Å²) in [6.45, 7) is 1.75. The molecule has 0 aliphatic carbocycles. The second kappa shape index (κ2) is 6.36. The summed E-state index contributed by atoms with van der Waals surface area (Å²) in [7, 11) is 0. The zero-order chi connectivity index (χ0) is 14.8. The van der Waals surface area contributed by atoms with Crippen LogP contribution in [0.2, 0.25) is 0 Å². The molecule has 0 fully saturated rings. The van der Waals surface area contributed by atoms with Gasteiger partial charge in [0.15, 0.2) is 0 Å². The fourth-order valence-corrected chi connectivity index (χ4v) is 4.34. The topological polar surface area (TPSA) is 12.0 Å². The van der Waals surface area contributed by atoms with Gasteiger partial charge < -0.3 is 5.32 Å². The first kappa shape index (κ1) is 17.3. The summed E-state index contributed by atoms with van der Waals surface area (Å²) in [6, 6.07) is -0.841. The molecule has 0 saturated carbocycles. The van der Waals surface area contributed by atoms with E-state index >= 15 is 0 Å². The molecule has 0 amide bonds. The zero-order valence-corrected chi connectivity index (χ0v) is 13.6. The summed E-state index contributed by atoms with van der Waals surface area (Å²) in [5.41, 5.74) is -0.104. The average molecular weight is 431 g/mol. The molecule has 0 aromatic carbocycles. The summed E-state index contributed by atoms with van der Waals surface area (Å²) < 4.78 is 65.4. The van der Waals surface area contributed by atoms with Crippen molar-refractivity contribution in [1.82, 2.24) is 5.32 Å². The Bertz CT molecular complexity index is 432. The first-order valence-corrected chi connectivity index (χ1v) is 7.64. The Hall–Kier alpha value is 0.270. The molecule has 1 N–H and O–H groups in total. The predicted molar refractivity (Wildman–Crippen MR) is 71.8 cm³/mol. The van der Waals surface area contributed by atoms with Crippen LogP contribution in [0.3, 0.4) is 0 Å². The first-order valence-electron chi connectivity index (χ1n) is 5.24. The molecule has 1 nitrogen and oxygen atoms in total. The average Bonchev–Trinajstić information content (AvgIpc) is 2.56. The van der Waals surface area contributed by atoms with Crippen molar-refractivity contribution in [3.05, 3.63) is 19.2 Å². The second-order valence-corrected chi connectivity index (χ2v) is 7.54. The van der Waals surface area contributed by atoms with Crippen LogP contribution in [0.1, 0.15) is 24.9 Å². The lowest BCUT2D eigenvalue weighted by Gasteiger charge is -2.29. The summed E-state index contributed by atoms with van der Waals surface area (Å²) in [6.07, 6.45) is -5.15. The summed E-state index contributed by atoms with van der Waals surface area (Å²) in [4.78, 5) is 0. The Morgan fingerprint density at radius 3 is 2.21 bits per heavy atom. The quantitative estimate of drug-likeness (QED) is 0.607. The van der Waals surface area contributed by atoms with Gasteiger partial charge in [0.1, 0.15) is 6.04 Å². The van der Waals surface area contributed by atoms with Crippen molar-refractivity contribution in [3.63, 3.8) is 0 Å². The van der Waals surface area contributed by atoms with Gasteiger partial charge in [-0.2, -0.15) is 22.0 Å². The van der Waals surface area contributed by atoms with Gasteiger partial charge in [0.25, 0.3) is 0 Å². The van der Waals surface area contributed by atoms with Gasteiger partial charge in [-0.15, -0.1) is 11.3 Å². The minimum Gasteiger partial charge on any atom is -0.305 e. The normalized spacial score (nSPS) is 14.7. The van der Waals surface area contributed by atoms with Gasteiger partial charge in [0, 0.05) is 5.56 Å². The number of halogens is 7. The van der Waals surface area contributed by atoms with E-state index in [2.05, 4.69) is 37.2 Å². The van der Waals surface area contributed by atoms with Gasteiger partial charge in [-0.25, -0.2) is 0 Å². The van der Waals surface area contributed by atoms with Crippen LogP contribution >= 0.6 is 43.2 Å². The van der Waals surface area contributed by atoms with Crippen LogP contribution < -0.4 is 5.32 Å². The molecule has 0 spiro atoms. The molecule has 1 rings (SSSR count). The molecule has 9 heteroatoms. The van der Waals surface area contributed by atoms with E-state index in [1.807, 2.05) is 0 Å². The highest BCUT2D eigenvalue weighted by molar-refractivity contribution is 9.12. The van der Waals surface area contributed by atoms with E-state index in [9.17, 15) is 22.0 Å². The highest BCUT2D eigenvalue weighted by atomic mass is 79.9. The Morgan fingerprint density at radius 1 is 1.26 bits per heavy atom. The molecule has 1 aromatic rings. The van der Waals surface area contributed by atoms with E-state index in [1.165, 1.54) is 6.07 Å². The lowest BCUT2D eigenvalue weighted by molar-refractivity contribution is -0.294. The number of thiophene rings is 1. The van der Waals surface area contributed by atoms with Crippen molar-refractivity contribution in [1.29, 1.82) is 0 Å². The standard InChI is InChI=1S/C10H10Br2F5NS/c1-2-3-18-7(9(13,14)10(15,16)17)5-4-6(11)19-8(5)12/h4,7,18H,2-3H2,1H3. The fourth-order valence-electron chi connectivity index (χ4n) is 1.44.